The Balaban J connectivity index is 1.38. The molecule has 1 aliphatic rings. The first-order valence-corrected chi connectivity index (χ1v) is 11.1. The van der Waals surface area contributed by atoms with E-state index in [0.717, 1.165) is 29.3 Å². The molecule has 3 aromatic carbocycles. The minimum absolute atomic E-state index is 0.0806. The monoisotopic (exact) mass is 485 g/mol. The van der Waals surface area contributed by atoms with Crippen LogP contribution in [0.4, 0.5) is 17.6 Å². The molecule has 1 aliphatic heterocycles. The van der Waals surface area contributed by atoms with Crippen LogP contribution in [0.1, 0.15) is 27.5 Å². The van der Waals surface area contributed by atoms with Crippen LogP contribution in [0.25, 0.3) is 0 Å². The number of carbonyl (C=O) groups excluding carboxylic acids is 2. The molecule has 0 atom stereocenters. The molecule has 5 nitrogen and oxygen atoms in total. The van der Waals surface area contributed by atoms with E-state index in [2.05, 4.69) is 10.2 Å². The first kappa shape index (κ1) is 24.4. The van der Waals surface area contributed by atoms with E-state index in [1.165, 1.54) is 24.3 Å². The van der Waals surface area contributed by atoms with Gasteiger partial charge in [0.25, 0.3) is 5.91 Å². The molecule has 3 aromatic rings. The summed E-state index contributed by atoms with van der Waals surface area (Å²) >= 11 is 0. The molecule has 4 rings (SSSR count). The Labute approximate surface area is 200 Å². The van der Waals surface area contributed by atoms with Gasteiger partial charge in [-0.05, 0) is 53.6 Å². The van der Waals surface area contributed by atoms with E-state index < -0.39 is 17.5 Å². The molecule has 0 bridgehead atoms. The van der Waals surface area contributed by atoms with Crippen molar-refractivity contribution in [2.24, 2.45) is 0 Å². The van der Waals surface area contributed by atoms with E-state index >= 15 is 0 Å². The van der Waals surface area contributed by atoms with Gasteiger partial charge in [0.05, 0.1) is 12.6 Å². The van der Waals surface area contributed by atoms with E-state index in [1.807, 2.05) is 0 Å². The predicted molar refractivity (Wildman–Crippen MR) is 121 cm³/mol. The molecule has 1 N–H and O–H groups in total. The van der Waals surface area contributed by atoms with Crippen molar-refractivity contribution in [1.82, 2.24) is 15.1 Å². The first-order chi connectivity index (χ1) is 16.8. The molecule has 2 amide bonds. The van der Waals surface area contributed by atoms with Gasteiger partial charge in [-0.15, -0.1) is 0 Å². The van der Waals surface area contributed by atoms with Crippen LogP contribution in [0.2, 0.25) is 0 Å². The summed E-state index contributed by atoms with van der Waals surface area (Å²) in [5, 5.41) is 2.44. The summed E-state index contributed by atoms with van der Waals surface area (Å²) in [6.45, 7) is 1.50. The molecule has 35 heavy (non-hydrogen) atoms. The third-order valence-corrected chi connectivity index (χ3v) is 5.99. The van der Waals surface area contributed by atoms with Crippen molar-refractivity contribution >= 4 is 11.8 Å². The summed E-state index contributed by atoms with van der Waals surface area (Å²) in [6, 6.07) is 14.8. The lowest BCUT2D eigenvalue weighted by atomic mass is 9.96. The van der Waals surface area contributed by atoms with Crippen LogP contribution in [0.15, 0.2) is 66.7 Å². The normalized spacial score (nSPS) is 14.3. The molecule has 9 heteroatoms. The lowest BCUT2D eigenvalue weighted by molar-refractivity contribution is -0.132. The van der Waals surface area contributed by atoms with Crippen LogP contribution < -0.4 is 5.32 Å². The van der Waals surface area contributed by atoms with Crippen molar-refractivity contribution < 1.29 is 27.2 Å². The number of nitrogens with zero attached hydrogens (tertiary/aromatic N) is 2. The van der Waals surface area contributed by atoms with Crippen molar-refractivity contribution in [3.63, 3.8) is 0 Å². The van der Waals surface area contributed by atoms with Gasteiger partial charge in [0.2, 0.25) is 5.91 Å². The molecule has 1 saturated heterocycles. The Morgan fingerprint density at radius 2 is 1.29 bits per heavy atom. The second-order valence-corrected chi connectivity index (χ2v) is 8.23. The second-order valence-electron chi connectivity index (χ2n) is 8.23. The van der Waals surface area contributed by atoms with E-state index in [0.29, 0.717) is 26.2 Å². The molecule has 0 saturated carbocycles. The molecule has 0 aliphatic carbocycles. The van der Waals surface area contributed by atoms with Crippen molar-refractivity contribution in [2.45, 2.75) is 6.04 Å². The Hall–Kier alpha value is -3.72. The summed E-state index contributed by atoms with van der Waals surface area (Å²) < 4.78 is 53.4. The summed E-state index contributed by atoms with van der Waals surface area (Å²) in [5.74, 6) is -3.89. The fourth-order valence-corrected chi connectivity index (χ4v) is 4.14. The predicted octanol–water partition coefficient (Wildman–Crippen LogP) is 3.91. The molecular formula is C26H23F4N3O2. The molecule has 0 radical (unpaired) electrons. The molecule has 1 heterocycles. The smallest absolute Gasteiger partial charge is 0.251 e. The van der Waals surface area contributed by atoms with Crippen LogP contribution in [0.5, 0.6) is 0 Å². The third-order valence-electron chi connectivity index (χ3n) is 5.99. The summed E-state index contributed by atoms with van der Waals surface area (Å²) in [5.41, 5.74) is 1.61. The van der Waals surface area contributed by atoms with Crippen LogP contribution in [0, 0.1) is 23.3 Å². The SMILES string of the molecule is O=C(NCC(=O)N1CCN(C(c2ccc(F)cc2)c2ccc(F)cc2)CC1)c1ccc(F)c(F)c1. The van der Waals surface area contributed by atoms with Gasteiger partial charge in [-0.1, -0.05) is 24.3 Å². The molecule has 182 valence electrons. The highest BCUT2D eigenvalue weighted by Gasteiger charge is 2.28. The number of piperazine rings is 1. The molecule has 0 spiro atoms. The second kappa shape index (κ2) is 10.7. The average Bonchev–Trinajstić information content (AvgIpc) is 2.87. The number of benzene rings is 3. The van der Waals surface area contributed by atoms with Crippen molar-refractivity contribution in [3.05, 3.63) is 107 Å². The van der Waals surface area contributed by atoms with Gasteiger partial charge in [-0.3, -0.25) is 14.5 Å². The van der Waals surface area contributed by atoms with Gasteiger partial charge in [0.15, 0.2) is 11.6 Å². The summed E-state index contributed by atoms with van der Waals surface area (Å²) in [7, 11) is 0. The van der Waals surface area contributed by atoms with E-state index in [4.69, 9.17) is 0 Å². The first-order valence-electron chi connectivity index (χ1n) is 11.1. The highest BCUT2D eigenvalue weighted by Crippen LogP contribution is 2.30. The van der Waals surface area contributed by atoms with E-state index in [1.54, 1.807) is 29.2 Å². The van der Waals surface area contributed by atoms with Crippen LogP contribution in [-0.2, 0) is 4.79 Å². The lowest BCUT2D eigenvalue weighted by Crippen LogP contribution is -2.52. The maximum absolute atomic E-state index is 13.5. The van der Waals surface area contributed by atoms with Gasteiger partial charge >= 0.3 is 0 Å². The zero-order valence-electron chi connectivity index (χ0n) is 18.7. The standard InChI is InChI=1S/C26H23F4N3O2/c27-20-6-1-17(2-7-20)25(18-3-8-21(28)9-4-18)33-13-11-32(12-14-33)24(34)16-31-26(35)19-5-10-22(29)23(30)15-19/h1-10,15,25H,11-14,16H2,(H,31,35). The zero-order valence-corrected chi connectivity index (χ0v) is 18.7. The Bertz CT molecular complexity index is 1150. The van der Waals surface area contributed by atoms with E-state index in [9.17, 15) is 27.2 Å². The highest BCUT2D eigenvalue weighted by molar-refractivity contribution is 5.96. The summed E-state index contributed by atoms with van der Waals surface area (Å²) in [4.78, 5) is 28.5. The van der Waals surface area contributed by atoms with E-state index in [-0.39, 0.29) is 35.7 Å². The fourth-order valence-electron chi connectivity index (χ4n) is 4.14. The summed E-state index contributed by atoms with van der Waals surface area (Å²) in [6.07, 6.45) is 0. The Kier molecular flexibility index (Phi) is 7.45. The topological polar surface area (TPSA) is 52.7 Å². The minimum atomic E-state index is -1.14. The minimum Gasteiger partial charge on any atom is -0.343 e. The van der Waals surface area contributed by atoms with Crippen LogP contribution >= 0.6 is 0 Å². The van der Waals surface area contributed by atoms with Gasteiger partial charge in [-0.25, -0.2) is 17.6 Å². The van der Waals surface area contributed by atoms with Crippen LogP contribution in [0.3, 0.4) is 0 Å². The quantitative estimate of drug-likeness (QED) is 0.539. The van der Waals surface area contributed by atoms with Crippen molar-refractivity contribution in [1.29, 1.82) is 0 Å². The molecule has 0 aromatic heterocycles. The van der Waals surface area contributed by atoms with Gasteiger partial charge < -0.3 is 10.2 Å². The number of rotatable bonds is 6. The Morgan fingerprint density at radius 1 is 0.743 bits per heavy atom. The van der Waals surface area contributed by atoms with Gasteiger partial charge in [-0.2, -0.15) is 0 Å². The number of amides is 2. The molecular weight excluding hydrogens is 462 g/mol. The van der Waals surface area contributed by atoms with Gasteiger partial charge in [0, 0.05) is 31.7 Å². The van der Waals surface area contributed by atoms with Gasteiger partial charge in [0.1, 0.15) is 11.6 Å². The third kappa shape index (κ3) is 5.86. The highest BCUT2D eigenvalue weighted by atomic mass is 19.2. The maximum Gasteiger partial charge on any atom is 0.251 e. The number of halogens is 4. The average molecular weight is 485 g/mol. The van der Waals surface area contributed by atoms with Crippen molar-refractivity contribution in [2.75, 3.05) is 32.7 Å². The van der Waals surface area contributed by atoms with Crippen molar-refractivity contribution in [3.8, 4) is 0 Å². The number of hydrogen-bond donors (Lipinski definition) is 1. The Morgan fingerprint density at radius 3 is 1.80 bits per heavy atom. The fraction of sp³-hybridized carbons (Fsp3) is 0.231. The number of carbonyl (C=O) groups is 2. The number of hydrogen-bond acceptors (Lipinski definition) is 3. The van der Waals surface area contributed by atoms with Crippen LogP contribution in [-0.4, -0.2) is 54.3 Å². The molecule has 0 unspecified atom stereocenters. The maximum atomic E-state index is 13.5. The largest absolute Gasteiger partial charge is 0.343 e. The number of nitrogens with one attached hydrogen (secondary N) is 1. The lowest BCUT2D eigenvalue weighted by Gasteiger charge is -2.39. The molecule has 1 fully saturated rings. The zero-order chi connectivity index (χ0) is 24.9.